The highest BCUT2D eigenvalue weighted by molar-refractivity contribution is 5.80. The second-order valence-corrected chi connectivity index (χ2v) is 22.7. The summed E-state index contributed by atoms with van der Waals surface area (Å²) < 4.78 is 21.7. The van der Waals surface area contributed by atoms with Gasteiger partial charge in [-0.25, -0.2) is 14.5 Å². The van der Waals surface area contributed by atoms with E-state index in [1.54, 1.807) is 74.6 Å². The smallest absolute Gasteiger partial charge is 0.306 e. The Morgan fingerprint density at radius 1 is 0.583 bits per heavy atom. The zero-order valence-corrected chi connectivity index (χ0v) is 48.1. The number of nitrogens with two attached hydrogens (primary N) is 1. The van der Waals surface area contributed by atoms with Gasteiger partial charge in [0.1, 0.15) is 18.8 Å². The Hall–Kier alpha value is -8.43. The summed E-state index contributed by atoms with van der Waals surface area (Å²) in [5.74, 6) is 1.71. The molecule has 22 nitrogen and oxygen atoms in total. The van der Waals surface area contributed by atoms with E-state index in [1.165, 1.54) is 18.5 Å². The minimum Gasteiger partial charge on any atom is -0.486 e. The molecular weight excluding hydrogens is 1070 g/mol. The Labute approximate surface area is 488 Å². The maximum Gasteiger partial charge on any atom is 0.306 e. The first-order chi connectivity index (χ1) is 40.6. The molecule has 7 aromatic heterocycles. The van der Waals surface area contributed by atoms with E-state index >= 15 is 0 Å². The van der Waals surface area contributed by atoms with Crippen LogP contribution in [0.25, 0.3) is 47.6 Å². The average Bonchev–Trinajstić information content (AvgIpc) is 3.71. The summed E-state index contributed by atoms with van der Waals surface area (Å²) in [6.45, 7) is 38.8. The van der Waals surface area contributed by atoms with Crippen LogP contribution in [-0.4, -0.2) is 144 Å². The molecule has 0 spiro atoms. The molecule has 0 aliphatic carbocycles. The Morgan fingerprint density at radius 3 is 1.43 bits per heavy atom. The number of hydrogen-bond acceptors (Lipinski definition) is 16. The van der Waals surface area contributed by atoms with Gasteiger partial charge in [-0.3, -0.25) is 39.1 Å². The van der Waals surface area contributed by atoms with Crippen molar-refractivity contribution in [3.8, 4) is 11.5 Å². The lowest BCUT2D eigenvalue weighted by Crippen LogP contribution is -2.43. The average molecular weight is 1140 g/mol. The molecule has 84 heavy (non-hydrogen) atoms. The van der Waals surface area contributed by atoms with Crippen LogP contribution in [-0.2, 0) is 35.7 Å². The lowest BCUT2D eigenvalue weighted by molar-refractivity contribution is -0.156. The third-order valence-electron chi connectivity index (χ3n) is 15.6. The van der Waals surface area contributed by atoms with E-state index < -0.39 is 5.60 Å². The van der Waals surface area contributed by atoms with Crippen LogP contribution in [0.2, 0.25) is 0 Å². The minimum absolute atomic E-state index is 0.0508. The predicted octanol–water partition coefficient (Wildman–Crippen LogP) is 7.13. The summed E-state index contributed by atoms with van der Waals surface area (Å²) in [7, 11) is 0. The molecule has 0 aromatic carbocycles. The zero-order chi connectivity index (χ0) is 59.2. The molecule has 0 amide bonds. The number of esters is 1. The number of piperidine rings is 3. The van der Waals surface area contributed by atoms with Crippen molar-refractivity contribution < 1.29 is 19.0 Å². The summed E-state index contributed by atoms with van der Waals surface area (Å²) in [4.78, 5) is 83.7. The van der Waals surface area contributed by atoms with Crippen molar-refractivity contribution >= 4 is 56.1 Å². The fourth-order valence-electron chi connectivity index (χ4n) is 11.0. The lowest BCUT2D eigenvalue weighted by atomic mass is 9.93. The monoisotopic (exact) mass is 1140 g/mol. The maximum absolute atomic E-state index is 12.5. The van der Waals surface area contributed by atoms with Gasteiger partial charge in [-0.05, 0) is 141 Å². The van der Waals surface area contributed by atoms with Crippen LogP contribution in [0.1, 0.15) is 71.4 Å². The molecule has 3 saturated heterocycles. The van der Waals surface area contributed by atoms with Crippen LogP contribution < -0.4 is 37.2 Å². The largest absolute Gasteiger partial charge is 0.486 e. The molecular formula is C62H73N15O7. The molecule has 0 atom stereocenters. The van der Waals surface area contributed by atoms with Gasteiger partial charge in [0.2, 0.25) is 17.1 Å². The fourth-order valence-corrected chi connectivity index (χ4v) is 11.0. The van der Waals surface area contributed by atoms with Crippen LogP contribution in [0, 0.1) is 25.6 Å². The lowest BCUT2D eigenvalue weighted by Gasteiger charge is -2.32. The molecule has 0 saturated carbocycles. The molecule has 3 fully saturated rings. The van der Waals surface area contributed by atoms with Crippen LogP contribution in [0.4, 0.5) is 17.1 Å². The first-order valence-corrected chi connectivity index (χ1v) is 28.9. The van der Waals surface area contributed by atoms with Crippen molar-refractivity contribution in [2.45, 2.75) is 110 Å². The van der Waals surface area contributed by atoms with Crippen LogP contribution >= 0.6 is 0 Å². The van der Waals surface area contributed by atoms with Crippen LogP contribution in [0.15, 0.2) is 99.8 Å². The minimum atomic E-state index is -0.439. The van der Waals surface area contributed by atoms with Crippen molar-refractivity contribution in [1.29, 1.82) is 0 Å². The number of aromatic nitrogens is 7. The van der Waals surface area contributed by atoms with Gasteiger partial charge in [-0.1, -0.05) is 0 Å². The fraction of sp³-hybridized carbons (Fsp3) is 0.468. The molecule has 4 aliphatic rings. The van der Waals surface area contributed by atoms with E-state index in [9.17, 15) is 19.2 Å². The number of fused-ring (bicyclic) bond motifs is 4. The molecule has 22 heteroatoms. The normalized spacial score (nSPS) is 16.4. The van der Waals surface area contributed by atoms with Gasteiger partial charge < -0.3 is 53.7 Å². The SMILES string of the molecule is [C-]#[N+]c1cnc2ccc(=O)n(CCN3CCC(CC(=O)OC(C)(C)C)CC3)c2c1.[C-]#[N+]c1cnc2ccc(=O)n(CCN3CCC(N)CC3)c2c1.[C-]#[N+]c1cnc2ccc(=O)n(CCN3CCC(NCc4cc5c(cn4)OCCO5)CC3)c2c1. The molecule has 11 heterocycles. The first kappa shape index (κ1) is 60.2. The third-order valence-corrected chi connectivity index (χ3v) is 15.6. The van der Waals surface area contributed by atoms with Crippen molar-refractivity contribution in [3.63, 3.8) is 0 Å². The van der Waals surface area contributed by atoms with E-state index in [0.717, 1.165) is 131 Å². The Balaban J connectivity index is 0.000000154. The van der Waals surface area contributed by atoms with Crippen molar-refractivity contribution in [2.75, 3.05) is 72.1 Å². The first-order valence-electron chi connectivity index (χ1n) is 28.9. The molecule has 4 aliphatic heterocycles. The van der Waals surface area contributed by atoms with Gasteiger partial charge in [-0.15, -0.1) is 0 Å². The zero-order valence-electron chi connectivity index (χ0n) is 48.1. The summed E-state index contributed by atoms with van der Waals surface area (Å²) >= 11 is 0. The van der Waals surface area contributed by atoms with E-state index in [0.29, 0.717) is 97.7 Å². The highest BCUT2D eigenvalue weighted by Gasteiger charge is 2.26. The number of nitrogens with zero attached hydrogens (tertiary/aromatic N) is 13. The predicted molar refractivity (Wildman–Crippen MR) is 322 cm³/mol. The van der Waals surface area contributed by atoms with Gasteiger partial charge >= 0.3 is 5.97 Å². The molecule has 0 bridgehead atoms. The number of rotatable bonds is 14. The number of carbonyl (C=O) groups excluding carboxylic acids is 1. The van der Waals surface area contributed by atoms with Crippen LogP contribution in [0.5, 0.6) is 11.5 Å². The van der Waals surface area contributed by atoms with Gasteiger partial charge in [0, 0.05) is 107 Å². The summed E-state index contributed by atoms with van der Waals surface area (Å²) in [5.41, 5.74) is 11.9. The third kappa shape index (κ3) is 16.2. The Kier molecular flexibility index (Phi) is 20.2. The standard InChI is InChI=1S/C24H26N6O3.C22H28N4O3.C16H19N5O/c1-25-18-12-21-20(28-14-18)2-3-24(31)30(21)9-8-29-6-4-17(5-7-29)26-15-19-13-22-23(16-27-19)33-11-10-32-22;1-22(2,3)29-21(28)13-16-7-9-25(10-8-16)11-12-26-19-14-17(23-4)15-24-18(19)5-6-20(26)27;1-18-13-10-15-14(19-11-13)2-3-16(22)21(15)9-8-20-6-4-12(17)5-7-20/h2-3,12-14,16-17,26H,4-11,15H2;5-6,14-16H,7-13H2,1-3H3;2-3,10-12H,4-9,17H2. The number of likely N-dealkylation sites (tertiary alicyclic amines) is 3. The highest BCUT2D eigenvalue weighted by atomic mass is 16.6. The topological polar surface area (TPSA) is 223 Å². The van der Waals surface area contributed by atoms with Crippen molar-refractivity contribution in [3.05, 3.63) is 156 Å². The van der Waals surface area contributed by atoms with Gasteiger partial charge in [-0.2, -0.15) is 0 Å². The quantitative estimate of drug-likeness (QED) is 0.0816. The Bertz CT molecular complexity index is 3760. The van der Waals surface area contributed by atoms with Crippen molar-refractivity contribution in [2.24, 2.45) is 11.7 Å². The summed E-state index contributed by atoms with van der Waals surface area (Å²) in [6.07, 6.45) is 12.8. The van der Waals surface area contributed by atoms with Crippen molar-refractivity contribution in [1.82, 2.24) is 53.7 Å². The highest BCUT2D eigenvalue weighted by Crippen LogP contribution is 2.30. The number of carbonyl (C=O) groups is 1. The van der Waals surface area contributed by atoms with Crippen LogP contribution in [0.3, 0.4) is 0 Å². The second-order valence-electron chi connectivity index (χ2n) is 22.7. The number of pyridine rings is 7. The van der Waals surface area contributed by atoms with Gasteiger partial charge in [0.15, 0.2) is 11.5 Å². The van der Waals surface area contributed by atoms with Gasteiger partial charge in [0.05, 0.1) is 64.7 Å². The molecule has 438 valence electrons. The van der Waals surface area contributed by atoms with E-state index in [1.807, 2.05) is 26.8 Å². The van der Waals surface area contributed by atoms with E-state index in [-0.39, 0.29) is 22.6 Å². The summed E-state index contributed by atoms with van der Waals surface area (Å²) in [6, 6.07) is 17.6. The summed E-state index contributed by atoms with van der Waals surface area (Å²) in [5, 5.41) is 3.61. The molecule has 0 radical (unpaired) electrons. The maximum atomic E-state index is 12.5. The van der Waals surface area contributed by atoms with Gasteiger partial charge in [0.25, 0.3) is 16.7 Å². The molecule has 11 rings (SSSR count). The van der Waals surface area contributed by atoms with E-state index in [4.69, 9.17) is 39.7 Å². The van der Waals surface area contributed by atoms with E-state index in [2.05, 4.69) is 54.5 Å². The Morgan fingerprint density at radius 2 is 1.00 bits per heavy atom. The number of nitrogens with one attached hydrogen (secondary N) is 1. The molecule has 7 aromatic rings. The number of ether oxygens (including phenoxy) is 3. The molecule has 3 N–H and O–H groups in total. The molecule has 0 unspecified atom stereocenters. The number of hydrogen-bond donors (Lipinski definition) is 2. The second kappa shape index (κ2) is 28.2.